The molecule has 3 amide bonds. The zero-order valence-corrected chi connectivity index (χ0v) is 13.1. The Bertz CT molecular complexity index is 687. The minimum atomic E-state index is -0.747. The van der Waals surface area contributed by atoms with Crippen molar-refractivity contribution in [2.24, 2.45) is 11.5 Å². The van der Waals surface area contributed by atoms with Crippen LogP contribution >= 0.6 is 11.3 Å². The van der Waals surface area contributed by atoms with Gasteiger partial charge in [-0.15, -0.1) is 11.3 Å². The van der Waals surface area contributed by atoms with Crippen molar-refractivity contribution in [3.8, 4) is 10.4 Å². The van der Waals surface area contributed by atoms with Crippen molar-refractivity contribution in [3.05, 3.63) is 41.3 Å². The third kappa shape index (κ3) is 4.52. The third-order valence-electron chi connectivity index (χ3n) is 3.01. The van der Waals surface area contributed by atoms with Gasteiger partial charge in [0.2, 0.25) is 0 Å². The number of rotatable bonds is 6. The van der Waals surface area contributed by atoms with E-state index in [1.54, 1.807) is 6.07 Å². The van der Waals surface area contributed by atoms with Gasteiger partial charge in [0.15, 0.2) is 0 Å². The quantitative estimate of drug-likeness (QED) is 0.538. The molecular weight excluding hydrogens is 316 g/mol. The molecule has 0 saturated carbocycles. The molecule has 1 aromatic carbocycles. The molecule has 0 unspecified atom stereocenters. The van der Waals surface area contributed by atoms with Gasteiger partial charge in [0.05, 0.1) is 12.3 Å². The molecule has 122 valence electrons. The number of anilines is 1. The lowest BCUT2D eigenvalue weighted by Crippen LogP contribution is -2.39. The molecule has 0 aliphatic rings. The molecule has 1 atom stereocenters. The number of aliphatic hydroxyl groups excluding tert-OH is 1. The van der Waals surface area contributed by atoms with E-state index in [2.05, 4.69) is 10.6 Å². The second-order valence-corrected chi connectivity index (χ2v) is 5.91. The predicted molar refractivity (Wildman–Crippen MR) is 90.4 cm³/mol. The zero-order chi connectivity index (χ0) is 16.8. The molecule has 7 N–H and O–H groups in total. The Morgan fingerprint density at radius 1 is 1.26 bits per heavy atom. The van der Waals surface area contributed by atoms with Crippen LogP contribution in [-0.2, 0) is 0 Å². The molecule has 0 fully saturated rings. The third-order valence-corrected chi connectivity index (χ3v) is 4.20. The average Bonchev–Trinajstić information content (AvgIpc) is 2.96. The summed E-state index contributed by atoms with van der Waals surface area (Å²) in [7, 11) is 0. The topological polar surface area (TPSA) is 130 Å². The smallest absolute Gasteiger partial charge is 0.316 e. The van der Waals surface area contributed by atoms with E-state index in [9.17, 15) is 9.59 Å². The Balaban J connectivity index is 2.27. The molecule has 0 bridgehead atoms. The first kappa shape index (κ1) is 16.9. The normalized spacial score (nSPS) is 11.7. The molecule has 8 heteroatoms. The van der Waals surface area contributed by atoms with Gasteiger partial charge in [-0.05, 0) is 11.6 Å². The van der Waals surface area contributed by atoms with Crippen molar-refractivity contribution in [1.29, 1.82) is 0 Å². The number of urea groups is 1. The van der Waals surface area contributed by atoms with Gasteiger partial charge in [0.1, 0.15) is 4.88 Å². The van der Waals surface area contributed by atoms with Gasteiger partial charge in [-0.3, -0.25) is 4.79 Å². The summed E-state index contributed by atoms with van der Waals surface area (Å²) in [5, 5.41) is 14.0. The lowest BCUT2D eigenvalue weighted by atomic mass is 10.2. The lowest BCUT2D eigenvalue weighted by molar-refractivity contribution is 0.0952. The van der Waals surface area contributed by atoms with Crippen LogP contribution in [0.5, 0.6) is 0 Å². The highest BCUT2D eigenvalue weighted by atomic mass is 32.1. The van der Waals surface area contributed by atoms with Crippen LogP contribution in [0, 0.1) is 0 Å². The highest BCUT2D eigenvalue weighted by molar-refractivity contribution is 7.18. The summed E-state index contributed by atoms with van der Waals surface area (Å²) >= 11 is 1.24. The number of carbonyl (C=O) groups excluding carboxylic acids is 2. The number of nitrogens with two attached hydrogens (primary N) is 2. The number of thiophene rings is 1. The van der Waals surface area contributed by atoms with Crippen molar-refractivity contribution in [1.82, 2.24) is 5.32 Å². The Morgan fingerprint density at radius 2 is 1.96 bits per heavy atom. The Kier molecular flexibility index (Phi) is 5.69. The van der Waals surface area contributed by atoms with Gasteiger partial charge in [0.25, 0.3) is 5.91 Å². The number of primary amides is 1. The van der Waals surface area contributed by atoms with Crippen LogP contribution in [0.1, 0.15) is 9.67 Å². The second kappa shape index (κ2) is 7.73. The largest absolute Gasteiger partial charge is 0.395 e. The molecule has 0 radical (unpaired) electrons. The maximum absolute atomic E-state index is 12.3. The van der Waals surface area contributed by atoms with Crippen molar-refractivity contribution < 1.29 is 14.7 Å². The summed E-state index contributed by atoms with van der Waals surface area (Å²) in [6.07, 6.45) is 0. The number of hydrogen-bond acceptors (Lipinski definition) is 5. The van der Waals surface area contributed by atoms with Crippen LogP contribution in [0.2, 0.25) is 0 Å². The number of benzene rings is 1. The van der Waals surface area contributed by atoms with Crippen molar-refractivity contribution in [3.63, 3.8) is 0 Å². The minimum absolute atomic E-state index is 0.129. The first-order valence-electron chi connectivity index (χ1n) is 6.91. The van der Waals surface area contributed by atoms with Gasteiger partial charge < -0.3 is 27.2 Å². The average molecular weight is 334 g/mol. The van der Waals surface area contributed by atoms with Gasteiger partial charge >= 0.3 is 6.03 Å². The fourth-order valence-corrected chi connectivity index (χ4v) is 2.93. The SMILES string of the molecule is NC(=O)Nc1cc(-c2ccccc2)sc1C(=O)NC[C@@H](N)CO. The first-order valence-corrected chi connectivity index (χ1v) is 7.73. The van der Waals surface area contributed by atoms with Crippen molar-refractivity contribution in [2.45, 2.75) is 6.04 Å². The molecule has 2 rings (SSSR count). The fraction of sp³-hybridized carbons (Fsp3) is 0.200. The van der Waals surface area contributed by atoms with E-state index in [1.165, 1.54) is 11.3 Å². The van der Waals surface area contributed by atoms with Gasteiger partial charge in [0, 0.05) is 17.5 Å². The summed E-state index contributed by atoms with van der Waals surface area (Å²) in [6, 6.07) is 9.89. The molecule has 0 aliphatic carbocycles. The maximum atomic E-state index is 12.3. The molecule has 0 aliphatic heterocycles. The molecule has 2 aromatic rings. The highest BCUT2D eigenvalue weighted by Gasteiger charge is 2.18. The van der Waals surface area contributed by atoms with E-state index < -0.39 is 12.1 Å². The van der Waals surface area contributed by atoms with Crippen LogP contribution < -0.4 is 22.1 Å². The highest BCUT2D eigenvalue weighted by Crippen LogP contribution is 2.34. The fourth-order valence-electron chi connectivity index (χ4n) is 1.90. The van der Waals surface area contributed by atoms with Gasteiger partial charge in [-0.1, -0.05) is 30.3 Å². The number of amides is 3. The van der Waals surface area contributed by atoms with Gasteiger partial charge in [-0.25, -0.2) is 4.79 Å². The molecule has 7 nitrogen and oxygen atoms in total. The summed E-state index contributed by atoms with van der Waals surface area (Å²) in [4.78, 5) is 24.6. The standard InChI is InChI=1S/C15H18N4O3S/c16-10(8-20)7-18-14(21)13-11(19-15(17)22)6-12(23-13)9-4-2-1-3-5-9/h1-6,10,20H,7-8,16H2,(H,18,21)(H3,17,19,22)/t10-/m1/s1. The van der Waals surface area contributed by atoms with E-state index >= 15 is 0 Å². The Labute approximate surface area is 137 Å². The monoisotopic (exact) mass is 334 g/mol. The van der Waals surface area contributed by atoms with E-state index in [-0.39, 0.29) is 19.1 Å². The molecule has 1 heterocycles. The van der Waals surface area contributed by atoms with E-state index in [1.807, 2.05) is 30.3 Å². The van der Waals surface area contributed by atoms with Gasteiger partial charge in [-0.2, -0.15) is 0 Å². The van der Waals surface area contributed by atoms with Crippen LogP contribution in [0.15, 0.2) is 36.4 Å². The van der Waals surface area contributed by atoms with Crippen LogP contribution in [-0.4, -0.2) is 36.2 Å². The minimum Gasteiger partial charge on any atom is -0.395 e. The number of aliphatic hydroxyl groups is 1. The first-order chi connectivity index (χ1) is 11.0. The van der Waals surface area contributed by atoms with Crippen LogP contribution in [0.3, 0.4) is 0 Å². The number of hydrogen-bond donors (Lipinski definition) is 5. The molecule has 0 saturated heterocycles. The molecular formula is C15H18N4O3S. The second-order valence-electron chi connectivity index (χ2n) is 4.86. The van der Waals surface area contributed by atoms with Crippen molar-refractivity contribution in [2.75, 3.05) is 18.5 Å². The Morgan fingerprint density at radius 3 is 2.57 bits per heavy atom. The molecule has 0 spiro atoms. The summed E-state index contributed by atoms with van der Waals surface area (Å²) < 4.78 is 0. The van der Waals surface area contributed by atoms with Crippen LogP contribution in [0.25, 0.3) is 10.4 Å². The predicted octanol–water partition coefficient (Wildman–Crippen LogP) is 0.955. The summed E-state index contributed by atoms with van der Waals surface area (Å²) in [5.74, 6) is -0.384. The van der Waals surface area contributed by atoms with E-state index in [0.717, 1.165) is 10.4 Å². The molecule has 23 heavy (non-hydrogen) atoms. The summed E-state index contributed by atoms with van der Waals surface area (Å²) in [6.45, 7) is -0.101. The van der Waals surface area contributed by atoms with Crippen LogP contribution in [0.4, 0.5) is 10.5 Å². The number of carbonyl (C=O) groups is 2. The zero-order valence-electron chi connectivity index (χ0n) is 12.3. The van der Waals surface area contributed by atoms with Crippen molar-refractivity contribution >= 4 is 29.0 Å². The summed E-state index contributed by atoms with van der Waals surface area (Å²) in [5.41, 5.74) is 12.0. The van der Waals surface area contributed by atoms with E-state index in [4.69, 9.17) is 16.6 Å². The lowest BCUT2D eigenvalue weighted by Gasteiger charge is -2.09. The maximum Gasteiger partial charge on any atom is 0.316 e. The molecule has 1 aromatic heterocycles. The Hall–Kier alpha value is -2.42. The number of nitrogens with one attached hydrogen (secondary N) is 2. The van der Waals surface area contributed by atoms with E-state index in [0.29, 0.717) is 10.6 Å².